The number of hydrazine groups is 1. The summed E-state index contributed by atoms with van der Waals surface area (Å²) in [5.74, 6) is 5.87. The first-order valence-corrected chi connectivity index (χ1v) is 5.59. The lowest BCUT2D eigenvalue weighted by molar-refractivity contribution is -0.120. The normalized spacial score (nSPS) is 20.1. The maximum absolute atomic E-state index is 11.9. The van der Waals surface area contributed by atoms with E-state index < -0.39 is 6.04 Å². The van der Waals surface area contributed by atoms with Crippen LogP contribution in [0, 0.1) is 0 Å². The van der Waals surface area contributed by atoms with Crippen molar-refractivity contribution in [2.45, 2.75) is 6.04 Å². The molecule has 0 aromatic heterocycles. The second-order valence-corrected chi connectivity index (χ2v) is 4.46. The van der Waals surface area contributed by atoms with E-state index in [1.54, 1.807) is 7.05 Å². The Labute approximate surface area is 102 Å². The van der Waals surface area contributed by atoms with Crippen molar-refractivity contribution in [3.8, 4) is 5.75 Å². The minimum Gasteiger partial charge on any atom is -0.489 e. The zero-order chi connectivity index (χ0) is 11.7. The number of carbonyl (C=O) groups excluding carboxylic acids is 1. The molecule has 86 valence electrons. The SMILES string of the molecule is CN1C(=O)[C@@H](NN)COc2ccc(Br)cc21. The van der Waals surface area contributed by atoms with Crippen molar-refractivity contribution in [2.24, 2.45) is 5.84 Å². The highest BCUT2D eigenvalue weighted by Gasteiger charge is 2.28. The summed E-state index contributed by atoms with van der Waals surface area (Å²) >= 11 is 3.36. The summed E-state index contributed by atoms with van der Waals surface area (Å²) in [5, 5.41) is 0. The number of nitrogens with one attached hydrogen (secondary N) is 1. The maximum atomic E-state index is 11.9. The van der Waals surface area contributed by atoms with Gasteiger partial charge >= 0.3 is 0 Å². The van der Waals surface area contributed by atoms with Crippen LogP contribution < -0.4 is 20.9 Å². The number of hydrogen-bond donors (Lipinski definition) is 2. The van der Waals surface area contributed by atoms with Crippen molar-refractivity contribution in [3.05, 3.63) is 22.7 Å². The Hall–Kier alpha value is -1.11. The molecule has 16 heavy (non-hydrogen) atoms. The van der Waals surface area contributed by atoms with Gasteiger partial charge in [0.25, 0.3) is 0 Å². The van der Waals surface area contributed by atoms with Gasteiger partial charge in [-0.3, -0.25) is 10.6 Å². The van der Waals surface area contributed by atoms with Gasteiger partial charge in [0.05, 0.1) is 5.69 Å². The predicted octanol–water partition coefficient (Wildman–Crippen LogP) is 0.636. The van der Waals surface area contributed by atoms with Gasteiger partial charge in [-0.05, 0) is 18.2 Å². The quantitative estimate of drug-likeness (QED) is 0.587. The van der Waals surface area contributed by atoms with Gasteiger partial charge < -0.3 is 9.64 Å². The fourth-order valence-corrected chi connectivity index (χ4v) is 1.94. The minimum atomic E-state index is -0.517. The molecule has 5 nitrogen and oxygen atoms in total. The Balaban J connectivity index is 2.42. The van der Waals surface area contributed by atoms with Crippen molar-refractivity contribution < 1.29 is 9.53 Å². The molecule has 1 aromatic rings. The van der Waals surface area contributed by atoms with Gasteiger partial charge in [-0.15, -0.1) is 0 Å². The Morgan fingerprint density at radius 1 is 1.62 bits per heavy atom. The van der Waals surface area contributed by atoms with Crippen LogP contribution in [-0.2, 0) is 4.79 Å². The standard InChI is InChI=1S/C10H12BrN3O2/c1-14-8-4-6(11)2-3-9(8)16-5-7(13-12)10(14)15/h2-4,7,13H,5,12H2,1H3/t7-/m0/s1. The Morgan fingerprint density at radius 2 is 2.38 bits per heavy atom. The van der Waals surface area contributed by atoms with Gasteiger partial charge in [0, 0.05) is 11.5 Å². The van der Waals surface area contributed by atoms with E-state index in [0.717, 1.165) is 10.2 Å². The van der Waals surface area contributed by atoms with Crippen LogP contribution in [0.3, 0.4) is 0 Å². The molecule has 1 amide bonds. The lowest BCUT2D eigenvalue weighted by atomic mass is 10.2. The van der Waals surface area contributed by atoms with E-state index in [1.165, 1.54) is 4.90 Å². The molecule has 1 aliphatic rings. The molecule has 0 radical (unpaired) electrons. The van der Waals surface area contributed by atoms with E-state index >= 15 is 0 Å². The monoisotopic (exact) mass is 285 g/mol. The van der Waals surface area contributed by atoms with Crippen molar-refractivity contribution >= 4 is 27.5 Å². The van der Waals surface area contributed by atoms with Crippen LogP contribution in [0.1, 0.15) is 0 Å². The van der Waals surface area contributed by atoms with Gasteiger partial charge in [-0.2, -0.15) is 0 Å². The molecule has 1 aromatic carbocycles. The van der Waals surface area contributed by atoms with E-state index in [0.29, 0.717) is 5.75 Å². The van der Waals surface area contributed by atoms with Crippen LogP contribution in [0.25, 0.3) is 0 Å². The van der Waals surface area contributed by atoms with E-state index in [9.17, 15) is 4.79 Å². The molecular formula is C10H12BrN3O2. The van der Waals surface area contributed by atoms with Gasteiger partial charge in [0.1, 0.15) is 18.4 Å². The lowest BCUT2D eigenvalue weighted by Crippen LogP contribution is -2.49. The third-order valence-electron chi connectivity index (χ3n) is 2.52. The molecule has 2 rings (SSSR count). The molecule has 1 atom stereocenters. The maximum Gasteiger partial charge on any atom is 0.248 e. The number of nitrogens with zero attached hydrogens (tertiary/aromatic N) is 1. The highest BCUT2D eigenvalue weighted by molar-refractivity contribution is 9.10. The number of rotatable bonds is 1. The number of ether oxygens (including phenoxy) is 1. The summed E-state index contributed by atoms with van der Waals surface area (Å²) in [7, 11) is 1.70. The highest BCUT2D eigenvalue weighted by atomic mass is 79.9. The van der Waals surface area contributed by atoms with Crippen LogP contribution in [0.15, 0.2) is 22.7 Å². The summed E-state index contributed by atoms with van der Waals surface area (Å²) in [6.07, 6.45) is 0. The number of halogens is 1. The molecule has 6 heteroatoms. The molecule has 0 spiro atoms. The molecule has 1 aliphatic heterocycles. The molecule has 1 heterocycles. The molecule has 0 unspecified atom stereocenters. The smallest absolute Gasteiger partial charge is 0.248 e. The molecule has 0 bridgehead atoms. The van der Waals surface area contributed by atoms with Crippen LogP contribution in [-0.4, -0.2) is 25.6 Å². The molecule has 3 N–H and O–H groups in total. The molecular weight excluding hydrogens is 274 g/mol. The largest absolute Gasteiger partial charge is 0.489 e. The number of likely N-dealkylation sites (N-methyl/N-ethyl adjacent to an activating group) is 1. The Morgan fingerprint density at radius 3 is 3.06 bits per heavy atom. The first kappa shape index (κ1) is 11.4. The first-order chi connectivity index (χ1) is 7.63. The average molecular weight is 286 g/mol. The lowest BCUT2D eigenvalue weighted by Gasteiger charge is -2.18. The fourth-order valence-electron chi connectivity index (χ4n) is 1.59. The van der Waals surface area contributed by atoms with E-state index in [-0.39, 0.29) is 12.5 Å². The zero-order valence-corrected chi connectivity index (χ0v) is 10.3. The van der Waals surface area contributed by atoms with E-state index in [4.69, 9.17) is 10.6 Å². The second-order valence-electron chi connectivity index (χ2n) is 3.54. The summed E-state index contributed by atoms with van der Waals surface area (Å²) in [6, 6.07) is 5.01. The number of hydrogen-bond acceptors (Lipinski definition) is 4. The molecule has 0 saturated carbocycles. The van der Waals surface area contributed by atoms with Crippen LogP contribution in [0.4, 0.5) is 5.69 Å². The number of nitrogens with two attached hydrogens (primary N) is 1. The fraction of sp³-hybridized carbons (Fsp3) is 0.300. The number of benzene rings is 1. The molecule has 0 saturated heterocycles. The minimum absolute atomic E-state index is 0.112. The topological polar surface area (TPSA) is 67.6 Å². The van der Waals surface area contributed by atoms with Crippen LogP contribution >= 0.6 is 15.9 Å². The summed E-state index contributed by atoms with van der Waals surface area (Å²) in [6.45, 7) is 0.230. The van der Waals surface area contributed by atoms with Gasteiger partial charge in [0.15, 0.2) is 0 Å². The van der Waals surface area contributed by atoms with E-state index in [1.807, 2.05) is 18.2 Å². The van der Waals surface area contributed by atoms with Crippen molar-refractivity contribution in [2.75, 3.05) is 18.6 Å². The number of amides is 1. The van der Waals surface area contributed by atoms with E-state index in [2.05, 4.69) is 21.4 Å². The summed E-state index contributed by atoms with van der Waals surface area (Å²) in [5.41, 5.74) is 3.18. The third-order valence-corrected chi connectivity index (χ3v) is 3.01. The van der Waals surface area contributed by atoms with Crippen molar-refractivity contribution in [1.82, 2.24) is 5.43 Å². The molecule has 0 fully saturated rings. The van der Waals surface area contributed by atoms with Crippen molar-refractivity contribution in [3.63, 3.8) is 0 Å². The average Bonchev–Trinajstić information content (AvgIpc) is 2.40. The number of anilines is 1. The predicted molar refractivity (Wildman–Crippen MR) is 64.2 cm³/mol. The van der Waals surface area contributed by atoms with Crippen LogP contribution in [0.5, 0.6) is 5.75 Å². The van der Waals surface area contributed by atoms with Gasteiger partial charge in [-0.25, -0.2) is 5.43 Å². The number of carbonyl (C=O) groups is 1. The molecule has 0 aliphatic carbocycles. The summed E-state index contributed by atoms with van der Waals surface area (Å²) in [4.78, 5) is 13.5. The highest BCUT2D eigenvalue weighted by Crippen LogP contribution is 2.32. The van der Waals surface area contributed by atoms with Crippen LogP contribution in [0.2, 0.25) is 0 Å². The van der Waals surface area contributed by atoms with Gasteiger partial charge in [0.2, 0.25) is 5.91 Å². The Bertz CT molecular complexity index is 425. The summed E-state index contributed by atoms with van der Waals surface area (Å²) < 4.78 is 6.42. The third kappa shape index (κ3) is 1.91. The second kappa shape index (κ2) is 4.40. The zero-order valence-electron chi connectivity index (χ0n) is 8.74. The Kier molecular flexibility index (Phi) is 3.13. The first-order valence-electron chi connectivity index (χ1n) is 4.79. The van der Waals surface area contributed by atoms with Crippen molar-refractivity contribution in [1.29, 1.82) is 0 Å². The number of fused-ring (bicyclic) bond motifs is 1. The van der Waals surface area contributed by atoms with Gasteiger partial charge in [-0.1, -0.05) is 15.9 Å².